The standard InChI is InChI=1S/C14H14BrClO2/c15-9-2-1-8(12(16)6-9)5-13(17)11-7-10-3-4-14(11)18-10/h1-2,6,10-11,14H,3-5,7H2. The Morgan fingerprint density at radius 3 is 2.89 bits per heavy atom. The molecule has 0 radical (unpaired) electrons. The monoisotopic (exact) mass is 328 g/mol. The normalized spacial score (nSPS) is 29.8. The van der Waals surface area contributed by atoms with Crippen molar-refractivity contribution in [1.82, 2.24) is 0 Å². The van der Waals surface area contributed by atoms with E-state index in [0.717, 1.165) is 29.3 Å². The smallest absolute Gasteiger partial charge is 0.143 e. The fraction of sp³-hybridized carbons (Fsp3) is 0.500. The number of ketones is 1. The van der Waals surface area contributed by atoms with Crippen LogP contribution in [0.2, 0.25) is 5.02 Å². The van der Waals surface area contributed by atoms with Crippen molar-refractivity contribution in [2.75, 3.05) is 0 Å². The van der Waals surface area contributed by atoms with Crippen molar-refractivity contribution in [2.24, 2.45) is 5.92 Å². The Bertz CT molecular complexity index is 489. The Hall–Kier alpha value is -0.380. The van der Waals surface area contributed by atoms with Crippen LogP contribution in [0.3, 0.4) is 0 Å². The van der Waals surface area contributed by atoms with Crippen LogP contribution in [0, 0.1) is 5.92 Å². The van der Waals surface area contributed by atoms with Gasteiger partial charge >= 0.3 is 0 Å². The fourth-order valence-electron chi connectivity index (χ4n) is 2.96. The van der Waals surface area contributed by atoms with Crippen molar-refractivity contribution < 1.29 is 9.53 Å². The average molecular weight is 330 g/mol. The highest BCUT2D eigenvalue weighted by atomic mass is 79.9. The van der Waals surface area contributed by atoms with E-state index in [9.17, 15) is 4.79 Å². The first-order valence-corrected chi connectivity index (χ1v) is 7.42. The van der Waals surface area contributed by atoms with Crippen molar-refractivity contribution in [1.29, 1.82) is 0 Å². The molecule has 3 unspecified atom stereocenters. The van der Waals surface area contributed by atoms with E-state index in [4.69, 9.17) is 16.3 Å². The van der Waals surface area contributed by atoms with Crippen LogP contribution < -0.4 is 0 Å². The number of carbonyl (C=O) groups is 1. The molecule has 3 atom stereocenters. The number of ether oxygens (including phenoxy) is 1. The molecule has 2 nitrogen and oxygen atoms in total. The summed E-state index contributed by atoms with van der Waals surface area (Å²) in [5.74, 6) is 0.356. The molecule has 0 N–H and O–H groups in total. The van der Waals surface area contributed by atoms with E-state index in [1.807, 2.05) is 18.2 Å². The van der Waals surface area contributed by atoms with Gasteiger partial charge in [0.2, 0.25) is 0 Å². The fourth-order valence-corrected chi connectivity index (χ4v) is 3.70. The number of hydrogen-bond acceptors (Lipinski definition) is 2. The predicted molar refractivity (Wildman–Crippen MR) is 73.9 cm³/mol. The van der Waals surface area contributed by atoms with Crippen molar-refractivity contribution in [3.8, 4) is 0 Å². The highest BCUT2D eigenvalue weighted by Gasteiger charge is 2.43. The first-order chi connectivity index (χ1) is 8.63. The topological polar surface area (TPSA) is 26.3 Å². The molecule has 2 heterocycles. The number of hydrogen-bond donors (Lipinski definition) is 0. The third-order valence-corrected chi connectivity index (χ3v) is 4.74. The van der Waals surface area contributed by atoms with Gasteiger partial charge in [0.15, 0.2) is 0 Å². The maximum Gasteiger partial charge on any atom is 0.143 e. The lowest BCUT2D eigenvalue weighted by molar-refractivity contribution is -0.123. The van der Waals surface area contributed by atoms with Crippen molar-refractivity contribution in [3.05, 3.63) is 33.3 Å². The molecule has 96 valence electrons. The molecule has 0 aromatic heterocycles. The van der Waals surface area contributed by atoms with Gasteiger partial charge in [-0.25, -0.2) is 0 Å². The van der Waals surface area contributed by atoms with Gasteiger partial charge in [0.1, 0.15) is 5.78 Å². The van der Waals surface area contributed by atoms with Gasteiger partial charge in [0.05, 0.1) is 12.2 Å². The largest absolute Gasteiger partial charge is 0.374 e. The summed E-state index contributed by atoms with van der Waals surface area (Å²) in [6.07, 6.45) is 3.96. The minimum Gasteiger partial charge on any atom is -0.374 e. The van der Waals surface area contributed by atoms with Gasteiger partial charge in [-0.1, -0.05) is 33.6 Å². The molecule has 18 heavy (non-hydrogen) atoms. The molecule has 0 spiro atoms. The van der Waals surface area contributed by atoms with Crippen molar-refractivity contribution in [2.45, 2.75) is 37.9 Å². The molecular weight excluding hydrogens is 316 g/mol. The highest BCUT2D eigenvalue weighted by Crippen LogP contribution is 2.39. The van der Waals surface area contributed by atoms with Crippen LogP contribution in [-0.4, -0.2) is 18.0 Å². The summed E-state index contributed by atoms with van der Waals surface area (Å²) in [5.41, 5.74) is 0.910. The van der Waals surface area contributed by atoms with E-state index in [1.165, 1.54) is 0 Å². The number of carbonyl (C=O) groups excluding carboxylic acids is 1. The first kappa shape index (κ1) is 12.6. The summed E-state index contributed by atoms with van der Waals surface area (Å²) in [5, 5.41) is 0.654. The quantitative estimate of drug-likeness (QED) is 0.843. The van der Waals surface area contributed by atoms with Crippen LogP contribution in [0.25, 0.3) is 0 Å². The SMILES string of the molecule is O=C(Cc1ccc(Br)cc1Cl)C1CC2CCC1O2. The summed E-state index contributed by atoms with van der Waals surface area (Å²) in [4.78, 5) is 12.3. The molecule has 1 aromatic rings. The van der Waals surface area contributed by atoms with Crippen LogP contribution in [-0.2, 0) is 16.0 Å². The van der Waals surface area contributed by atoms with E-state index < -0.39 is 0 Å². The Morgan fingerprint density at radius 1 is 1.44 bits per heavy atom. The number of benzene rings is 1. The zero-order valence-corrected chi connectivity index (χ0v) is 12.2. The molecule has 1 aromatic carbocycles. The molecule has 2 saturated heterocycles. The number of rotatable bonds is 3. The minimum atomic E-state index is 0.0865. The Kier molecular flexibility index (Phi) is 3.48. The van der Waals surface area contributed by atoms with E-state index >= 15 is 0 Å². The molecule has 0 aliphatic carbocycles. The summed E-state index contributed by atoms with van der Waals surface area (Å²) < 4.78 is 6.67. The predicted octanol–water partition coefficient (Wildman–Crippen LogP) is 3.78. The molecule has 3 rings (SSSR count). The Morgan fingerprint density at radius 2 is 2.28 bits per heavy atom. The molecule has 2 fully saturated rings. The molecule has 4 heteroatoms. The third-order valence-electron chi connectivity index (χ3n) is 3.90. The van der Waals surface area contributed by atoms with Crippen LogP contribution >= 0.6 is 27.5 Å². The summed E-state index contributed by atoms with van der Waals surface area (Å²) in [7, 11) is 0. The minimum absolute atomic E-state index is 0.0865. The second-order valence-electron chi connectivity index (χ2n) is 5.09. The van der Waals surface area contributed by atoms with E-state index in [2.05, 4.69) is 15.9 Å². The van der Waals surface area contributed by atoms with Gasteiger partial charge < -0.3 is 4.74 Å². The van der Waals surface area contributed by atoms with Crippen LogP contribution in [0.5, 0.6) is 0 Å². The van der Waals surface area contributed by atoms with Gasteiger partial charge in [-0.05, 0) is 37.0 Å². The maximum atomic E-state index is 12.3. The molecule has 2 bridgehead atoms. The lowest BCUT2D eigenvalue weighted by Crippen LogP contribution is -2.26. The molecule has 2 aliphatic heterocycles. The molecule has 0 amide bonds. The van der Waals surface area contributed by atoms with Crippen LogP contribution in [0.1, 0.15) is 24.8 Å². The van der Waals surface area contributed by atoms with Gasteiger partial charge in [-0.2, -0.15) is 0 Å². The van der Waals surface area contributed by atoms with Gasteiger partial charge in [0.25, 0.3) is 0 Å². The summed E-state index contributed by atoms with van der Waals surface area (Å²) in [6, 6.07) is 5.67. The number of halogens is 2. The summed E-state index contributed by atoms with van der Waals surface area (Å²) in [6.45, 7) is 0. The second-order valence-corrected chi connectivity index (χ2v) is 6.42. The maximum absolute atomic E-state index is 12.3. The number of Topliss-reactive ketones (excluding diaryl/α,β-unsaturated/α-hetero) is 1. The lowest BCUT2D eigenvalue weighted by atomic mass is 9.84. The summed E-state index contributed by atoms with van der Waals surface area (Å²) >= 11 is 9.51. The van der Waals surface area contributed by atoms with Crippen LogP contribution in [0.4, 0.5) is 0 Å². The van der Waals surface area contributed by atoms with Crippen molar-refractivity contribution >= 4 is 33.3 Å². The lowest BCUT2D eigenvalue weighted by Gasteiger charge is -2.17. The molecular formula is C14H14BrClO2. The van der Waals surface area contributed by atoms with Gasteiger partial charge in [-0.3, -0.25) is 4.79 Å². The average Bonchev–Trinajstić information content (AvgIpc) is 2.94. The Balaban J connectivity index is 1.71. The van der Waals surface area contributed by atoms with Crippen molar-refractivity contribution in [3.63, 3.8) is 0 Å². The zero-order valence-electron chi connectivity index (χ0n) is 9.86. The van der Waals surface area contributed by atoms with Gasteiger partial charge in [0, 0.05) is 21.8 Å². The molecule has 0 saturated carbocycles. The Labute approximate surface area is 120 Å². The second kappa shape index (κ2) is 4.95. The van der Waals surface area contributed by atoms with Crippen LogP contribution in [0.15, 0.2) is 22.7 Å². The van der Waals surface area contributed by atoms with E-state index in [1.54, 1.807) is 0 Å². The molecule has 2 aliphatic rings. The van der Waals surface area contributed by atoms with Gasteiger partial charge in [-0.15, -0.1) is 0 Å². The van der Waals surface area contributed by atoms with E-state index in [0.29, 0.717) is 17.5 Å². The van der Waals surface area contributed by atoms with E-state index in [-0.39, 0.29) is 17.8 Å². The number of fused-ring (bicyclic) bond motifs is 2. The first-order valence-electron chi connectivity index (χ1n) is 6.25. The zero-order chi connectivity index (χ0) is 12.7. The highest BCUT2D eigenvalue weighted by molar-refractivity contribution is 9.10. The third kappa shape index (κ3) is 2.36.